The van der Waals surface area contributed by atoms with E-state index in [9.17, 15) is 9.59 Å². The van der Waals surface area contributed by atoms with Crippen molar-refractivity contribution in [1.82, 2.24) is 4.98 Å². The fraction of sp³-hybridized carbons (Fsp3) is 0.0556. The van der Waals surface area contributed by atoms with Crippen LogP contribution in [-0.4, -0.2) is 23.7 Å². The van der Waals surface area contributed by atoms with E-state index in [0.717, 1.165) is 5.56 Å². The zero-order chi connectivity index (χ0) is 16.0. The van der Waals surface area contributed by atoms with Crippen LogP contribution in [0.1, 0.15) is 31.3 Å². The molecule has 0 N–H and O–H groups in total. The van der Waals surface area contributed by atoms with Gasteiger partial charge in [-0.15, -0.1) is 11.3 Å². The van der Waals surface area contributed by atoms with Gasteiger partial charge < -0.3 is 4.74 Å². The number of ether oxygens (including phenoxy) is 1. The van der Waals surface area contributed by atoms with Crippen LogP contribution in [0.3, 0.4) is 0 Å². The van der Waals surface area contributed by atoms with E-state index in [1.54, 1.807) is 18.2 Å². The fourth-order valence-corrected chi connectivity index (χ4v) is 3.64. The Kier molecular flexibility index (Phi) is 3.09. The van der Waals surface area contributed by atoms with E-state index in [-0.39, 0.29) is 17.3 Å². The minimum Gasteiger partial charge on any atom is -0.497 e. The highest BCUT2D eigenvalue weighted by Crippen LogP contribution is 2.36. The summed E-state index contributed by atoms with van der Waals surface area (Å²) < 4.78 is 5.15. The second-order valence-electron chi connectivity index (χ2n) is 5.13. The van der Waals surface area contributed by atoms with Crippen LogP contribution in [-0.2, 0) is 0 Å². The standard InChI is InChI=1S/C18H11NO3S/c1-22-11-7-8-12-13(9-11)15(20)14-17(16(12)21)23-18(19-14)10-5-3-2-4-6-10/h2-9H,1H3. The lowest BCUT2D eigenvalue weighted by Crippen LogP contribution is -2.19. The van der Waals surface area contributed by atoms with Gasteiger partial charge in [-0.05, 0) is 18.2 Å². The number of aromatic nitrogens is 1. The Balaban J connectivity index is 1.88. The van der Waals surface area contributed by atoms with E-state index < -0.39 is 0 Å². The molecule has 5 heteroatoms. The number of carbonyl (C=O) groups excluding carboxylic acids is 2. The minimum atomic E-state index is -0.230. The van der Waals surface area contributed by atoms with Crippen LogP contribution >= 0.6 is 11.3 Å². The van der Waals surface area contributed by atoms with Gasteiger partial charge in [0.05, 0.1) is 7.11 Å². The number of carbonyl (C=O) groups is 2. The zero-order valence-electron chi connectivity index (χ0n) is 12.2. The van der Waals surface area contributed by atoms with Crippen LogP contribution in [0.2, 0.25) is 0 Å². The largest absolute Gasteiger partial charge is 0.497 e. The summed E-state index contributed by atoms with van der Waals surface area (Å²) >= 11 is 1.26. The van der Waals surface area contributed by atoms with Gasteiger partial charge >= 0.3 is 0 Å². The summed E-state index contributed by atoms with van der Waals surface area (Å²) in [6.45, 7) is 0. The van der Waals surface area contributed by atoms with Crippen molar-refractivity contribution in [3.8, 4) is 16.3 Å². The topological polar surface area (TPSA) is 56.3 Å². The number of thiazole rings is 1. The quantitative estimate of drug-likeness (QED) is 0.566. The Hall–Kier alpha value is -2.79. The predicted molar refractivity (Wildman–Crippen MR) is 87.4 cm³/mol. The first kappa shape index (κ1) is 13.8. The smallest absolute Gasteiger partial charge is 0.213 e. The van der Waals surface area contributed by atoms with Crippen LogP contribution in [0.25, 0.3) is 10.6 Å². The Labute approximate surface area is 136 Å². The van der Waals surface area contributed by atoms with Crippen molar-refractivity contribution in [1.29, 1.82) is 0 Å². The fourth-order valence-electron chi connectivity index (χ4n) is 2.62. The van der Waals surface area contributed by atoms with Gasteiger partial charge in [-0.25, -0.2) is 4.98 Å². The van der Waals surface area contributed by atoms with Gasteiger partial charge in [0, 0.05) is 16.7 Å². The lowest BCUT2D eigenvalue weighted by atomic mass is 9.91. The average molecular weight is 321 g/mol. The van der Waals surface area contributed by atoms with Crippen LogP contribution in [0.4, 0.5) is 0 Å². The van der Waals surface area contributed by atoms with Gasteiger partial charge in [-0.3, -0.25) is 9.59 Å². The molecule has 0 bridgehead atoms. The van der Waals surface area contributed by atoms with Crippen molar-refractivity contribution in [2.45, 2.75) is 0 Å². The molecule has 0 spiro atoms. The predicted octanol–water partition coefficient (Wildman–Crippen LogP) is 3.59. The second-order valence-corrected chi connectivity index (χ2v) is 6.13. The molecule has 0 saturated heterocycles. The molecule has 4 nitrogen and oxygen atoms in total. The number of nitrogens with zero attached hydrogens (tertiary/aromatic N) is 1. The first-order valence-corrected chi connectivity index (χ1v) is 7.84. The van der Waals surface area contributed by atoms with E-state index in [0.29, 0.717) is 26.8 Å². The highest BCUT2D eigenvalue weighted by Gasteiger charge is 2.34. The highest BCUT2D eigenvalue weighted by molar-refractivity contribution is 7.17. The summed E-state index contributed by atoms with van der Waals surface area (Å²) in [6.07, 6.45) is 0. The SMILES string of the molecule is COc1ccc2c(c1)C(=O)c1nc(-c3ccccc3)sc1C2=O. The van der Waals surface area contributed by atoms with Gasteiger partial charge in [0.1, 0.15) is 21.3 Å². The normalized spacial score (nSPS) is 12.7. The Morgan fingerprint density at radius 3 is 2.48 bits per heavy atom. The van der Waals surface area contributed by atoms with Crippen molar-refractivity contribution in [2.75, 3.05) is 7.11 Å². The van der Waals surface area contributed by atoms with E-state index in [2.05, 4.69) is 4.98 Å². The summed E-state index contributed by atoms with van der Waals surface area (Å²) in [5.41, 5.74) is 1.90. The molecule has 4 rings (SSSR count). The summed E-state index contributed by atoms with van der Waals surface area (Å²) in [7, 11) is 1.53. The van der Waals surface area contributed by atoms with Gasteiger partial charge in [0.15, 0.2) is 0 Å². The molecule has 0 aliphatic heterocycles. The van der Waals surface area contributed by atoms with Gasteiger partial charge in [-0.1, -0.05) is 30.3 Å². The molecule has 0 fully saturated rings. The molecule has 0 unspecified atom stereocenters. The number of benzene rings is 2. The van der Waals surface area contributed by atoms with Crippen LogP contribution in [0.5, 0.6) is 5.75 Å². The lowest BCUT2D eigenvalue weighted by molar-refractivity contribution is 0.0979. The number of rotatable bonds is 2. The monoisotopic (exact) mass is 321 g/mol. The van der Waals surface area contributed by atoms with Crippen LogP contribution in [0.15, 0.2) is 48.5 Å². The molecule has 112 valence electrons. The third-order valence-corrected chi connectivity index (χ3v) is 4.89. The number of hydrogen-bond donors (Lipinski definition) is 0. The maximum atomic E-state index is 12.7. The number of ketones is 2. The number of hydrogen-bond acceptors (Lipinski definition) is 5. The average Bonchev–Trinajstić information content (AvgIpc) is 3.06. The minimum absolute atomic E-state index is 0.156. The van der Waals surface area contributed by atoms with Crippen molar-refractivity contribution in [3.63, 3.8) is 0 Å². The van der Waals surface area contributed by atoms with Gasteiger partial charge in [0.25, 0.3) is 0 Å². The molecule has 1 aliphatic carbocycles. The maximum Gasteiger partial charge on any atom is 0.213 e. The summed E-state index contributed by atoms with van der Waals surface area (Å²) in [5.74, 6) is 0.163. The van der Waals surface area contributed by atoms with Gasteiger partial charge in [0.2, 0.25) is 11.6 Å². The van der Waals surface area contributed by atoms with E-state index in [4.69, 9.17) is 4.74 Å². The highest BCUT2D eigenvalue weighted by atomic mass is 32.1. The molecule has 1 heterocycles. The van der Waals surface area contributed by atoms with Crippen molar-refractivity contribution in [2.24, 2.45) is 0 Å². The molecular weight excluding hydrogens is 310 g/mol. The van der Waals surface area contributed by atoms with E-state index >= 15 is 0 Å². The zero-order valence-corrected chi connectivity index (χ0v) is 13.0. The second kappa shape index (κ2) is 5.14. The molecular formula is C18H11NO3S. The Bertz CT molecular complexity index is 944. The van der Waals surface area contributed by atoms with Crippen molar-refractivity contribution < 1.29 is 14.3 Å². The Morgan fingerprint density at radius 1 is 0.957 bits per heavy atom. The third kappa shape index (κ3) is 2.09. The lowest BCUT2D eigenvalue weighted by Gasteiger charge is -2.13. The molecule has 1 aromatic heterocycles. The first-order valence-electron chi connectivity index (χ1n) is 7.02. The Morgan fingerprint density at radius 2 is 1.74 bits per heavy atom. The van der Waals surface area contributed by atoms with E-state index in [1.165, 1.54) is 18.4 Å². The molecule has 3 aromatic rings. The summed E-state index contributed by atoms with van der Waals surface area (Å²) in [4.78, 5) is 30.2. The summed E-state index contributed by atoms with van der Waals surface area (Å²) in [5, 5.41) is 0.678. The maximum absolute atomic E-state index is 12.7. The number of methoxy groups -OCH3 is 1. The van der Waals surface area contributed by atoms with Crippen LogP contribution in [0, 0.1) is 0 Å². The molecule has 0 amide bonds. The molecule has 1 aliphatic rings. The van der Waals surface area contributed by atoms with Crippen molar-refractivity contribution in [3.05, 3.63) is 70.2 Å². The molecule has 0 saturated carbocycles. The first-order chi connectivity index (χ1) is 11.2. The van der Waals surface area contributed by atoms with E-state index in [1.807, 2.05) is 30.3 Å². The third-order valence-electron chi connectivity index (χ3n) is 3.79. The van der Waals surface area contributed by atoms with Gasteiger partial charge in [-0.2, -0.15) is 0 Å². The molecule has 23 heavy (non-hydrogen) atoms. The summed E-state index contributed by atoms with van der Waals surface area (Å²) in [6, 6.07) is 14.5. The number of fused-ring (bicyclic) bond motifs is 2. The molecule has 0 radical (unpaired) electrons. The van der Waals surface area contributed by atoms with Crippen LogP contribution < -0.4 is 4.74 Å². The van der Waals surface area contributed by atoms with Crippen molar-refractivity contribution >= 4 is 22.9 Å². The molecule has 2 aromatic carbocycles. The molecule has 0 atom stereocenters.